The van der Waals surface area contributed by atoms with E-state index in [0.717, 1.165) is 88.7 Å². The van der Waals surface area contributed by atoms with Gasteiger partial charge in [-0.1, -0.05) is 103 Å². The Morgan fingerprint density at radius 3 is 1.65 bits per heavy atom. The predicted molar refractivity (Wildman–Crippen MR) is 220 cm³/mol. The second-order valence-corrected chi connectivity index (χ2v) is 13.5. The van der Waals surface area contributed by atoms with Crippen LogP contribution in [0.25, 0.3) is 88.7 Å². The first-order chi connectivity index (χ1) is 26.7. The largest absolute Gasteiger partial charge is 0.456 e. The van der Waals surface area contributed by atoms with Gasteiger partial charge in [-0.3, -0.25) is 0 Å². The standard InChI is InChI=1S/C49H30N2O3/c1-4-12-31(13-5-1)37-23-20-34(28-39(37)32-14-6-2-7-15-32)51(35-21-25-44-40(29-35)38-18-10-11-19-43(38)52-44)36-22-26-45-41(30-36)47-46(53-45)27-24-42-48(47)54-49(50-42)33-16-8-3-9-17-33/h1-30H. The summed E-state index contributed by atoms with van der Waals surface area (Å²) >= 11 is 0. The number of fused-ring (bicyclic) bond motifs is 8. The first kappa shape index (κ1) is 30.3. The maximum Gasteiger partial charge on any atom is 0.227 e. The molecule has 0 radical (unpaired) electrons. The van der Waals surface area contributed by atoms with Crippen LogP contribution in [0.3, 0.4) is 0 Å². The zero-order chi connectivity index (χ0) is 35.6. The quantitative estimate of drug-likeness (QED) is 0.173. The number of aromatic nitrogens is 1. The number of hydrogen-bond donors (Lipinski definition) is 0. The lowest BCUT2D eigenvalue weighted by Gasteiger charge is -2.27. The van der Waals surface area contributed by atoms with E-state index in [-0.39, 0.29) is 0 Å². The minimum Gasteiger partial charge on any atom is -0.456 e. The maximum atomic E-state index is 6.51. The Kier molecular flexibility index (Phi) is 6.79. The fourth-order valence-corrected chi connectivity index (χ4v) is 7.78. The average molecular weight is 695 g/mol. The first-order valence-corrected chi connectivity index (χ1v) is 18.0. The monoisotopic (exact) mass is 694 g/mol. The summed E-state index contributed by atoms with van der Waals surface area (Å²) in [6.45, 7) is 0. The van der Waals surface area contributed by atoms with Gasteiger partial charge in [-0.25, -0.2) is 4.98 Å². The third-order valence-electron chi connectivity index (χ3n) is 10.3. The summed E-state index contributed by atoms with van der Waals surface area (Å²) in [4.78, 5) is 7.18. The van der Waals surface area contributed by atoms with Gasteiger partial charge >= 0.3 is 0 Å². The molecule has 0 bridgehead atoms. The smallest absolute Gasteiger partial charge is 0.227 e. The van der Waals surface area contributed by atoms with E-state index in [1.165, 1.54) is 5.56 Å². The highest BCUT2D eigenvalue weighted by Crippen LogP contribution is 2.45. The van der Waals surface area contributed by atoms with E-state index >= 15 is 0 Å². The van der Waals surface area contributed by atoms with Gasteiger partial charge in [0.25, 0.3) is 0 Å². The minimum atomic E-state index is 0.581. The zero-order valence-electron chi connectivity index (χ0n) is 28.9. The summed E-state index contributed by atoms with van der Waals surface area (Å²) in [6.07, 6.45) is 0. The topological polar surface area (TPSA) is 55.6 Å². The second-order valence-electron chi connectivity index (χ2n) is 13.5. The number of benzene rings is 8. The molecular formula is C49H30N2O3. The molecular weight excluding hydrogens is 665 g/mol. The van der Waals surface area contributed by atoms with Crippen LogP contribution < -0.4 is 4.90 Å². The molecule has 0 aliphatic heterocycles. The Morgan fingerprint density at radius 1 is 0.370 bits per heavy atom. The Hall–Kier alpha value is -7.37. The highest BCUT2D eigenvalue weighted by molar-refractivity contribution is 6.17. The average Bonchev–Trinajstić information content (AvgIpc) is 3.95. The molecule has 0 N–H and O–H groups in total. The molecule has 0 aliphatic rings. The highest BCUT2D eigenvalue weighted by atomic mass is 16.4. The molecule has 0 atom stereocenters. The Morgan fingerprint density at radius 2 is 0.907 bits per heavy atom. The summed E-state index contributed by atoms with van der Waals surface area (Å²) in [6, 6.07) is 62.9. The summed E-state index contributed by atoms with van der Waals surface area (Å²) in [5.41, 5.74) is 13.3. The number of rotatable bonds is 6. The van der Waals surface area contributed by atoms with E-state index < -0.39 is 0 Å². The van der Waals surface area contributed by atoms with E-state index in [1.807, 2.05) is 54.6 Å². The van der Waals surface area contributed by atoms with E-state index in [9.17, 15) is 0 Å². The molecule has 5 heteroatoms. The Bertz CT molecular complexity index is 3160. The highest BCUT2D eigenvalue weighted by Gasteiger charge is 2.21. The summed E-state index contributed by atoms with van der Waals surface area (Å²) in [5.74, 6) is 0.581. The van der Waals surface area contributed by atoms with E-state index in [2.05, 4.69) is 132 Å². The van der Waals surface area contributed by atoms with Crippen LogP contribution in [-0.4, -0.2) is 4.98 Å². The normalized spacial score (nSPS) is 11.7. The predicted octanol–water partition coefficient (Wildman–Crippen LogP) is 14.1. The van der Waals surface area contributed by atoms with Crippen LogP contribution in [-0.2, 0) is 0 Å². The molecule has 0 amide bonds. The number of hydrogen-bond acceptors (Lipinski definition) is 5. The molecule has 3 aromatic heterocycles. The van der Waals surface area contributed by atoms with Crippen molar-refractivity contribution in [2.75, 3.05) is 4.90 Å². The Labute approximate surface area is 309 Å². The molecule has 0 spiro atoms. The van der Waals surface area contributed by atoms with Crippen molar-refractivity contribution in [1.82, 2.24) is 4.98 Å². The fraction of sp³-hybridized carbons (Fsp3) is 0. The zero-order valence-corrected chi connectivity index (χ0v) is 28.9. The van der Waals surface area contributed by atoms with Crippen LogP contribution in [0.15, 0.2) is 195 Å². The van der Waals surface area contributed by atoms with Crippen molar-refractivity contribution in [1.29, 1.82) is 0 Å². The van der Waals surface area contributed by atoms with Gasteiger partial charge in [-0.15, -0.1) is 0 Å². The lowest BCUT2D eigenvalue weighted by molar-refractivity contribution is 0.622. The van der Waals surface area contributed by atoms with Crippen molar-refractivity contribution in [2.24, 2.45) is 0 Å². The van der Waals surface area contributed by atoms with E-state index in [4.69, 9.17) is 18.2 Å². The van der Waals surface area contributed by atoms with Gasteiger partial charge in [0.2, 0.25) is 5.89 Å². The summed E-state index contributed by atoms with van der Waals surface area (Å²) in [7, 11) is 0. The molecule has 11 aromatic rings. The van der Waals surface area contributed by atoms with Gasteiger partial charge < -0.3 is 18.2 Å². The van der Waals surface area contributed by atoms with Crippen LogP contribution in [0.4, 0.5) is 17.1 Å². The van der Waals surface area contributed by atoms with Crippen molar-refractivity contribution >= 4 is 72.0 Å². The van der Waals surface area contributed by atoms with Gasteiger partial charge in [-0.2, -0.15) is 0 Å². The molecule has 0 saturated heterocycles. The van der Waals surface area contributed by atoms with Gasteiger partial charge in [0, 0.05) is 38.8 Å². The van der Waals surface area contributed by atoms with Gasteiger partial charge in [0.05, 0.1) is 5.39 Å². The van der Waals surface area contributed by atoms with Crippen LogP contribution >= 0.6 is 0 Å². The summed E-state index contributed by atoms with van der Waals surface area (Å²) in [5, 5.41) is 3.99. The summed E-state index contributed by atoms with van der Waals surface area (Å²) < 4.78 is 19.2. The lowest BCUT2D eigenvalue weighted by atomic mass is 9.93. The molecule has 8 aromatic carbocycles. The van der Waals surface area contributed by atoms with Crippen molar-refractivity contribution in [3.63, 3.8) is 0 Å². The van der Waals surface area contributed by atoms with Gasteiger partial charge in [0.1, 0.15) is 27.8 Å². The molecule has 0 unspecified atom stereocenters. The molecule has 3 heterocycles. The van der Waals surface area contributed by atoms with Crippen molar-refractivity contribution in [3.8, 4) is 33.7 Å². The van der Waals surface area contributed by atoms with Crippen molar-refractivity contribution in [3.05, 3.63) is 182 Å². The molecule has 254 valence electrons. The van der Waals surface area contributed by atoms with Crippen LogP contribution in [0.1, 0.15) is 0 Å². The molecule has 0 saturated carbocycles. The van der Waals surface area contributed by atoms with Crippen LogP contribution in [0, 0.1) is 0 Å². The molecule has 0 aliphatic carbocycles. The molecule has 5 nitrogen and oxygen atoms in total. The SMILES string of the molecule is c1ccc(-c2nc3ccc4oc5ccc(N(c6ccc(-c7ccccc7)c(-c7ccccc7)c6)c6ccc7oc8ccccc8c7c6)cc5c4c3o2)cc1. The first-order valence-electron chi connectivity index (χ1n) is 18.0. The fourth-order valence-electron chi connectivity index (χ4n) is 7.78. The number of para-hydroxylation sites is 1. The van der Waals surface area contributed by atoms with E-state index in [0.29, 0.717) is 11.5 Å². The lowest BCUT2D eigenvalue weighted by Crippen LogP contribution is -2.10. The number of furan rings is 2. The molecule has 11 rings (SSSR count). The van der Waals surface area contributed by atoms with Crippen LogP contribution in [0.2, 0.25) is 0 Å². The number of anilines is 3. The third kappa shape index (κ3) is 4.90. The Balaban J connectivity index is 1.16. The van der Waals surface area contributed by atoms with Gasteiger partial charge in [0.15, 0.2) is 5.58 Å². The second kappa shape index (κ2) is 12.1. The minimum absolute atomic E-state index is 0.581. The third-order valence-corrected chi connectivity index (χ3v) is 10.3. The number of oxazole rings is 1. The molecule has 0 fully saturated rings. The molecule has 54 heavy (non-hydrogen) atoms. The number of nitrogens with zero attached hydrogens (tertiary/aromatic N) is 2. The maximum absolute atomic E-state index is 6.51. The van der Waals surface area contributed by atoms with Crippen LogP contribution in [0.5, 0.6) is 0 Å². The van der Waals surface area contributed by atoms with E-state index in [1.54, 1.807) is 0 Å². The van der Waals surface area contributed by atoms with Gasteiger partial charge in [-0.05, 0) is 101 Å². The van der Waals surface area contributed by atoms with Crippen molar-refractivity contribution in [2.45, 2.75) is 0 Å². The van der Waals surface area contributed by atoms with Crippen molar-refractivity contribution < 1.29 is 13.3 Å².